The summed E-state index contributed by atoms with van der Waals surface area (Å²) in [5, 5.41) is 9.30. The molecule has 1 aliphatic rings. The zero-order valence-corrected chi connectivity index (χ0v) is 10.1. The summed E-state index contributed by atoms with van der Waals surface area (Å²) >= 11 is 0. The van der Waals surface area contributed by atoms with Crippen molar-refractivity contribution in [3.8, 4) is 0 Å². The van der Waals surface area contributed by atoms with Crippen LogP contribution < -0.4 is 4.90 Å². The first-order valence-corrected chi connectivity index (χ1v) is 5.81. The van der Waals surface area contributed by atoms with E-state index in [9.17, 15) is 14.7 Å². The molecule has 96 valence electrons. The molecule has 0 bridgehead atoms. The third-order valence-corrected chi connectivity index (χ3v) is 2.98. The van der Waals surface area contributed by atoms with Crippen molar-refractivity contribution in [3.63, 3.8) is 0 Å². The Kier molecular flexibility index (Phi) is 3.62. The second-order valence-corrected chi connectivity index (χ2v) is 4.22. The van der Waals surface area contributed by atoms with Crippen molar-refractivity contribution < 1.29 is 19.4 Å². The highest BCUT2D eigenvalue weighted by Crippen LogP contribution is 2.24. The highest BCUT2D eigenvalue weighted by Gasteiger charge is 2.30. The summed E-state index contributed by atoms with van der Waals surface area (Å²) in [7, 11) is 0. The monoisotopic (exact) mass is 249 g/mol. The summed E-state index contributed by atoms with van der Waals surface area (Å²) in [6.07, 6.45) is 0.0907. The minimum absolute atomic E-state index is 0.0669. The van der Waals surface area contributed by atoms with Gasteiger partial charge in [-0.3, -0.25) is 9.69 Å². The fourth-order valence-electron chi connectivity index (χ4n) is 1.99. The van der Waals surface area contributed by atoms with Crippen LogP contribution >= 0.6 is 0 Å². The minimum Gasteiger partial charge on any atom is -0.449 e. The molecule has 1 heterocycles. The van der Waals surface area contributed by atoms with Crippen LogP contribution in [-0.4, -0.2) is 36.2 Å². The molecule has 1 aliphatic heterocycles. The molecule has 1 N–H and O–H groups in total. The molecule has 1 aromatic rings. The van der Waals surface area contributed by atoms with Gasteiger partial charge in [-0.1, -0.05) is 12.1 Å². The Hall–Kier alpha value is -1.88. The lowest BCUT2D eigenvalue weighted by atomic mass is 10.1. The number of anilines is 1. The summed E-state index contributed by atoms with van der Waals surface area (Å²) < 4.78 is 4.97. The normalized spacial score (nSPS) is 19.6. The molecule has 18 heavy (non-hydrogen) atoms. The number of cyclic esters (lactones) is 1. The van der Waals surface area contributed by atoms with Crippen LogP contribution in [0.2, 0.25) is 0 Å². The van der Waals surface area contributed by atoms with Gasteiger partial charge in [0.15, 0.2) is 5.78 Å². The molecule has 1 amide bonds. The van der Waals surface area contributed by atoms with E-state index in [0.29, 0.717) is 24.3 Å². The van der Waals surface area contributed by atoms with Gasteiger partial charge in [0, 0.05) is 17.7 Å². The molecule has 0 aliphatic carbocycles. The van der Waals surface area contributed by atoms with Crippen molar-refractivity contribution in [2.24, 2.45) is 0 Å². The lowest BCUT2D eigenvalue weighted by Gasteiger charge is -2.33. The number of Topliss-reactive ketones (excluding diaryl/α,β-unsaturated/α-hetero) is 1. The zero-order valence-electron chi connectivity index (χ0n) is 10.1. The summed E-state index contributed by atoms with van der Waals surface area (Å²) in [5.74, 6) is -0.0669. The maximum atomic E-state index is 11.8. The molecular weight excluding hydrogens is 234 g/mol. The molecule has 1 unspecified atom stereocenters. The van der Waals surface area contributed by atoms with Crippen molar-refractivity contribution in [2.75, 3.05) is 18.1 Å². The van der Waals surface area contributed by atoms with Gasteiger partial charge in [-0.05, 0) is 19.1 Å². The topological polar surface area (TPSA) is 66.8 Å². The highest BCUT2D eigenvalue weighted by atomic mass is 16.6. The molecule has 5 heteroatoms. The standard InChI is InChI=1S/C13H15NO4/c1-9(16)10-3-2-4-11(7-10)14-12(8-15)5-6-18-13(14)17/h2-4,7,12,15H,5-6,8H2,1H3. The lowest BCUT2D eigenvalue weighted by molar-refractivity contribution is 0.101. The number of carbonyl (C=O) groups excluding carboxylic acids is 2. The molecule has 0 aromatic heterocycles. The average Bonchev–Trinajstić information content (AvgIpc) is 2.38. The number of benzene rings is 1. The van der Waals surface area contributed by atoms with E-state index in [1.165, 1.54) is 11.8 Å². The summed E-state index contributed by atoms with van der Waals surface area (Å²) in [5.41, 5.74) is 1.11. The largest absolute Gasteiger partial charge is 0.449 e. The van der Waals surface area contributed by atoms with Crippen LogP contribution in [0, 0.1) is 0 Å². The molecule has 0 radical (unpaired) electrons. The van der Waals surface area contributed by atoms with Gasteiger partial charge in [-0.25, -0.2) is 4.79 Å². The van der Waals surface area contributed by atoms with E-state index in [-0.39, 0.29) is 18.4 Å². The predicted octanol–water partition coefficient (Wildman–Crippen LogP) is 1.60. The van der Waals surface area contributed by atoms with Gasteiger partial charge in [-0.15, -0.1) is 0 Å². The van der Waals surface area contributed by atoms with Crippen LogP contribution in [0.25, 0.3) is 0 Å². The molecular formula is C13H15NO4. The van der Waals surface area contributed by atoms with Crippen LogP contribution in [0.15, 0.2) is 24.3 Å². The quantitative estimate of drug-likeness (QED) is 0.826. The number of rotatable bonds is 3. The number of aliphatic hydroxyl groups excluding tert-OH is 1. The van der Waals surface area contributed by atoms with Crippen LogP contribution in [0.5, 0.6) is 0 Å². The van der Waals surface area contributed by atoms with Crippen LogP contribution in [0.4, 0.5) is 10.5 Å². The number of ether oxygens (including phenoxy) is 1. The first-order chi connectivity index (χ1) is 8.63. The Morgan fingerprint density at radius 2 is 2.33 bits per heavy atom. The van der Waals surface area contributed by atoms with E-state index < -0.39 is 6.09 Å². The van der Waals surface area contributed by atoms with Crippen molar-refractivity contribution >= 4 is 17.6 Å². The Bertz CT molecular complexity index is 472. The number of ketones is 1. The van der Waals surface area contributed by atoms with E-state index in [0.717, 1.165) is 0 Å². The summed E-state index contributed by atoms with van der Waals surface area (Å²) in [4.78, 5) is 24.5. The van der Waals surface area contributed by atoms with Gasteiger partial charge in [-0.2, -0.15) is 0 Å². The van der Waals surface area contributed by atoms with Crippen molar-refractivity contribution in [1.82, 2.24) is 0 Å². The molecule has 2 rings (SSSR count). The summed E-state index contributed by atoms with van der Waals surface area (Å²) in [6.45, 7) is 1.66. The molecule has 1 aromatic carbocycles. The zero-order chi connectivity index (χ0) is 13.1. The van der Waals surface area contributed by atoms with E-state index in [4.69, 9.17) is 4.74 Å². The van der Waals surface area contributed by atoms with Crippen LogP contribution in [-0.2, 0) is 4.74 Å². The first-order valence-electron chi connectivity index (χ1n) is 5.81. The van der Waals surface area contributed by atoms with E-state index in [1.54, 1.807) is 24.3 Å². The fraction of sp³-hybridized carbons (Fsp3) is 0.385. The SMILES string of the molecule is CC(=O)c1cccc(N2C(=O)OCCC2CO)c1. The number of hydrogen-bond donors (Lipinski definition) is 1. The number of carbonyl (C=O) groups is 2. The first kappa shape index (κ1) is 12.6. The predicted molar refractivity (Wildman–Crippen MR) is 65.8 cm³/mol. The Morgan fingerprint density at radius 1 is 1.56 bits per heavy atom. The fourth-order valence-corrected chi connectivity index (χ4v) is 1.99. The van der Waals surface area contributed by atoms with Crippen molar-refractivity contribution in [1.29, 1.82) is 0 Å². The molecule has 1 atom stereocenters. The van der Waals surface area contributed by atoms with E-state index in [2.05, 4.69) is 0 Å². The van der Waals surface area contributed by atoms with Crippen LogP contribution in [0.1, 0.15) is 23.7 Å². The van der Waals surface area contributed by atoms with Crippen molar-refractivity contribution in [2.45, 2.75) is 19.4 Å². The van der Waals surface area contributed by atoms with Gasteiger partial charge >= 0.3 is 6.09 Å². The maximum absolute atomic E-state index is 11.8. The maximum Gasteiger partial charge on any atom is 0.414 e. The van der Waals surface area contributed by atoms with E-state index >= 15 is 0 Å². The van der Waals surface area contributed by atoms with Gasteiger partial charge < -0.3 is 9.84 Å². The second kappa shape index (κ2) is 5.18. The van der Waals surface area contributed by atoms with Crippen molar-refractivity contribution in [3.05, 3.63) is 29.8 Å². The highest BCUT2D eigenvalue weighted by molar-refractivity contribution is 5.96. The second-order valence-electron chi connectivity index (χ2n) is 4.22. The average molecular weight is 249 g/mol. The number of aliphatic hydroxyl groups is 1. The Labute approximate surface area is 105 Å². The third-order valence-electron chi connectivity index (χ3n) is 2.98. The third kappa shape index (κ3) is 2.36. The molecule has 1 fully saturated rings. The molecule has 0 saturated carbocycles. The lowest BCUT2D eigenvalue weighted by Crippen LogP contribution is -2.47. The van der Waals surface area contributed by atoms with Gasteiger partial charge in [0.05, 0.1) is 19.3 Å². The summed E-state index contributed by atoms with van der Waals surface area (Å²) in [6, 6.07) is 6.46. The van der Waals surface area contributed by atoms with Crippen LogP contribution in [0.3, 0.4) is 0 Å². The van der Waals surface area contributed by atoms with Gasteiger partial charge in [0.2, 0.25) is 0 Å². The molecule has 0 spiro atoms. The molecule has 1 saturated heterocycles. The smallest absolute Gasteiger partial charge is 0.414 e. The van der Waals surface area contributed by atoms with Gasteiger partial charge in [0.25, 0.3) is 0 Å². The minimum atomic E-state index is -0.485. The number of nitrogens with zero attached hydrogens (tertiary/aromatic N) is 1. The van der Waals surface area contributed by atoms with Gasteiger partial charge in [0.1, 0.15) is 0 Å². The Morgan fingerprint density at radius 3 is 3.00 bits per heavy atom. The Balaban J connectivity index is 2.35. The number of amides is 1. The number of hydrogen-bond acceptors (Lipinski definition) is 4. The molecule has 5 nitrogen and oxygen atoms in total. The van der Waals surface area contributed by atoms with E-state index in [1.807, 2.05) is 0 Å².